The van der Waals surface area contributed by atoms with Crippen molar-refractivity contribution in [3.05, 3.63) is 36.7 Å². The highest BCUT2D eigenvalue weighted by Gasteiger charge is 2.14. The Labute approximate surface area is 128 Å². The van der Waals surface area contributed by atoms with Crippen LogP contribution in [-0.4, -0.2) is 40.8 Å². The van der Waals surface area contributed by atoms with Crippen LogP contribution in [0.4, 0.5) is 10.5 Å². The Kier molecular flexibility index (Phi) is 4.65. The van der Waals surface area contributed by atoms with Gasteiger partial charge in [0, 0.05) is 18.8 Å². The molecule has 0 radical (unpaired) electrons. The molecule has 1 aliphatic rings. The second kappa shape index (κ2) is 7.04. The van der Waals surface area contributed by atoms with Crippen molar-refractivity contribution in [2.24, 2.45) is 5.92 Å². The largest absolute Gasteiger partial charge is 0.381 e. The molecule has 1 aromatic heterocycles. The fraction of sp³-hybridized carbons (Fsp3) is 0.400. The molecule has 0 unspecified atom stereocenters. The van der Waals surface area contributed by atoms with Gasteiger partial charge in [0.25, 0.3) is 0 Å². The lowest BCUT2D eigenvalue weighted by molar-refractivity contribution is 0.0559. The van der Waals surface area contributed by atoms with Gasteiger partial charge in [0.1, 0.15) is 0 Å². The van der Waals surface area contributed by atoms with Gasteiger partial charge in [-0.2, -0.15) is 0 Å². The van der Waals surface area contributed by atoms with Gasteiger partial charge in [0.2, 0.25) is 0 Å². The third kappa shape index (κ3) is 3.82. The highest BCUT2D eigenvalue weighted by Crippen LogP contribution is 2.14. The first-order valence-corrected chi connectivity index (χ1v) is 7.40. The molecule has 0 spiro atoms. The fourth-order valence-electron chi connectivity index (χ4n) is 2.45. The number of nitrogens with one attached hydrogen (secondary N) is 2. The average Bonchev–Trinajstić information content (AvgIpc) is 3.09. The summed E-state index contributed by atoms with van der Waals surface area (Å²) in [4.78, 5) is 12.0. The van der Waals surface area contributed by atoms with Crippen LogP contribution in [-0.2, 0) is 4.74 Å². The van der Waals surface area contributed by atoms with E-state index < -0.39 is 0 Å². The molecule has 3 rings (SSSR count). The van der Waals surface area contributed by atoms with Crippen molar-refractivity contribution in [2.75, 3.05) is 25.1 Å². The van der Waals surface area contributed by atoms with Gasteiger partial charge in [-0.05, 0) is 37.0 Å². The summed E-state index contributed by atoms with van der Waals surface area (Å²) >= 11 is 0. The van der Waals surface area contributed by atoms with Gasteiger partial charge < -0.3 is 15.4 Å². The maximum atomic E-state index is 12.0. The number of anilines is 1. The van der Waals surface area contributed by atoms with E-state index >= 15 is 0 Å². The van der Waals surface area contributed by atoms with Crippen LogP contribution in [0.2, 0.25) is 0 Å². The quantitative estimate of drug-likeness (QED) is 0.902. The number of hydrogen-bond acceptors (Lipinski definition) is 4. The summed E-state index contributed by atoms with van der Waals surface area (Å²) in [5.74, 6) is 0.404. The molecule has 1 aromatic carbocycles. The molecule has 7 nitrogen and oxygen atoms in total. The molecule has 0 saturated carbocycles. The molecule has 1 saturated heterocycles. The Bertz CT molecular complexity index is 608. The second-order valence-corrected chi connectivity index (χ2v) is 5.32. The number of amides is 2. The van der Waals surface area contributed by atoms with E-state index in [2.05, 4.69) is 20.9 Å². The number of urea groups is 1. The van der Waals surface area contributed by atoms with E-state index in [1.165, 1.54) is 0 Å². The lowest BCUT2D eigenvalue weighted by atomic mass is 10.0. The van der Waals surface area contributed by atoms with Gasteiger partial charge in [-0.3, -0.25) is 0 Å². The lowest BCUT2D eigenvalue weighted by Crippen LogP contribution is -2.35. The highest BCUT2D eigenvalue weighted by atomic mass is 16.5. The van der Waals surface area contributed by atoms with Crippen LogP contribution >= 0.6 is 0 Å². The first-order chi connectivity index (χ1) is 10.8. The smallest absolute Gasteiger partial charge is 0.319 e. The SMILES string of the molecule is O=C(NC[C@H]1CCCOC1)Nc1cccc(-n2ccnn2)c1. The van der Waals surface area contributed by atoms with Gasteiger partial charge in [0.15, 0.2) is 0 Å². The molecule has 116 valence electrons. The van der Waals surface area contributed by atoms with E-state index in [-0.39, 0.29) is 6.03 Å². The Morgan fingerprint density at radius 3 is 3.18 bits per heavy atom. The maximum Gasteiger partial charge on any atom is 0.319 e. The second-order valence-electron chi connectivity index (χ2n) is 5.32. The van der Waals surface area contributed by atoms with Gasteiger partial charge in [0.05, 0.1) is 24.7 Å². The normalized spacial score (nSPS) is 17.9. The minimum atomic E-state index is -0.207. The molecule has 0 aliphatic carbocycles. The number of rotatable bonds is 4. The van der Waals surface area contributed by atoms with Gasteiger partial charge >= 0.3 is 6.03 Å². The third-order valence-electron chi connectivity index (χ3n) is 3.60. The van der Waals surface area contributed by atoms with E-state index in [1.807, 2.05) is 24.3 Å². The topological polar surface area (TPSA) is 81.1 Å². The van der Waals surface area contributed by atoms with E-state index in [9.17, 15) is 4.79 Å². The van der Waals surface area contributed by atoms with Crippen LogP contribution in [0.5, 0.6) is 0 Å². The first-order valence-electron chi connectivity index (χ1n) is 7.40. The number of nitrogens with zero attached hydrogens (tertiary/aromatic N) is 3. The summed E-state index contributed by atoms with van der Waals surface area (Å²) in [7, 11) is 0. The number of carbonyl (C=O) groups is 1. The number of aromatic nitrogens is 3. The number of ether oxygens (including phenoxy) is 1. The van der Waals surface area contributed by atoms with Crippen molar-refractivity contribution < 1.29 is 9.53 Å². The molecular weight excluding hydrogens is 282 g/mol. The molecule has 0 bridgehead atoms. The zero-order valence-electron chi connectivity index (χ0n) is 12.2. The Balaban J connectivity index is 1.54. The van der Waals surface area contributed by atoms with Gasteiger partial charge in [-0.25, -0.2) is 9.48 Å². The molecule has 1 atom stereocenters. The van der Waals surface area contributed by atoms with Crippen LogP contribution in [0.3, 0.4) is 0 Å². The summed E-state index contributed by atoms with van der Waals surface area (Å²) in [5.41, 5.74) is 1.56. The van der Waals surface area contributed by atoms with E-state index in [0.717, 1.165) is 31.7 Å². The molecule has 22 heavy (non-hydrogen) atoms. The molecule has 7 heteroatoms. The number of hydrogen-bond donors (Lipinski definition) is 2. The summed E-state index contributed by atoms with van der Waals surface area (Å²) in [6.07, 6.45) is 5.53. The average molecular weight is 301 g/mol. The maximum absolute atomic E-state index is 12.0. The summed E-state index contributed by atoms with van der Waals surface area (Å²) < 4.78 is 7.04. The van der Waals surface area contributed by atoms with Crippen LogP contribution in [0.15, 0.2) is 36.7 Å². The number of benzene rings is 1. The molecule has 1 aliphatic heterocycles. The van der Waals surface area contributed by atoms with Gasteiger partial charge in [-0.15, -0.1) is 5.10 Å². The molecule has 2 aromatic rings. The van der Waals surface area contributed by atoms with E-state index in [4.69, 9.17) is 4.74 Å². The Hall–Kier alpha value is -2.41. The van der Waals surface area contributed by atoms with E-state index in [0.29, 0.717) is 18.2 Å². The summed E-state index contributed by atoms with van der Waals surface area (Å²) in [6.45, 7) is 2.19. The monoisotopic (exact) mass is 301 g/mol. The molecule has 1 fully saturated rings. The summed E-state index contributed by atoms with van der Waals surface area (Å²) in [5, 5.41) is 13.4. The van der Waals surface area contributed by atoms with Crippen molar-refractivity contribution in [3.8, 4) is 5.69 Å². The van der Waals surface area contributed by atoms with E-state index in [1.54, 1.807) is 17.1 Å². The lowest BCUT2D eigenvalue weighted by Gasteiger charge is -2.22. The minimum Gasteiger partial charge on any atom is -0.381 e. The standard InChI is InChI=1S/C15H19N5O2/c21-15(16-10-12-3-2-8-22-11-12)18-13-4-1-5-14(9-13)20-7-6-17-19-20/h1,4-7,9,12H,2-3,8,10-11H2,(H2,16,18,21)/t12-/m1/s1. The summed E-state index contributed by atoms with van der Waals surface area (Å²) in [6, 6.07) is 7.24. The van der Waals surface area contributed by atoms with Gasteiger partial charge in [-0.1, -0.05) is 11.3 Å². The van der Waals surface area contributed by atoms with Crippen molar-refractivity contribution in [2.45, 2.75) is 12.8 Å². The predicted octanol–water partition coefficient (Wildman–Crippen LogP) is 1.82. The highest BCUT2D eigenvalue weighted by molar-refractivity contribution is 5.89. The van der Waals surface area contributed by atoms with Crippen molar-refractivity contribution in [3.63, 3.8) is 0 Å². The van der Waals surface area contributed by atoms with Crippen LogP contribution in [0.1, 0.15) is 12.8 Å². The molecule has 2 amide bonds. The number of carbonyl (C=O) groups excluding carboxylic acids is 1. The van der Waals surface area contributed by atoms with Crippen molar-refractivity contribution in [1.82, 2.24) is 20.3 Å². The predicted molar refractivity (Wildman–Crippen MR) is 81.9 cm³/mol. The Morgan fingerprint density at radius 2 is 2.41 bits per heavy atom. The van der Waals surface area contributed by atoms with Crippen LogP contribution in [0, 0.1) is 5.92 Å². The first kappa shape index (κ1) is 14.5. The molecular formula is C15H19N5O2. The molecule has 2 N–H and O–H groups in total. The van der Waals surface area contributed by atoms with Crippen LogP contribution in [0.25, 0.3) is 5.69 Å². The van der Waals surface area contributed by atoms with Crippen molar-refractivity contribution in [1.29, 1.82) is 0 Å². The fourth-order valence-corrected chi connectivity index (χ4v) is 2.45. The molecule has 2 heterocycles. The minimum absolute atomic E-state index is 0.207. The Morgan fingerprint density at radius 1 is 1.45 bits per heavy atom. The third-order valence-corrected chi connectivity index (χ3v) is 3.60. The van der Waals surface area contributed by atoms with Crippen LogP contribution < -0.4 is 10.6 Å². The van der Waals surface area contributed by atoms with Crippen molar-refractivity contribution >= 4 is 11.7 Å². The zero-order valence-corrected chi connectivity index (χ0v) is 12.2. The zero-order chi connectivity index (χ0) is 15.2.